The normalized spacial score (nSPS) is 10.6. The summed E-state index contributed by atoms with van der Waals surface area (Å²) < 4.78 is 18.0. The fraction of sp³-hybridized carbons (Fsp3) is 0.182. The molecule has 1 heterocycles. The summed E-state index contributed by atoms with van der Waals surface area (Å²) in [5.41, 5.74) is 7.98. The molecular weight excluding hydrogens is 195 g/mol. The second-order valence-corrected chi connectivity index (χ2v) is 3.48. The maximum atomic E-state index is 12.9. The minimum absolute atomic E-state index is 0.263. The van der Waals surface area contributed by atoms with Crippen LogP contribution in [0, 0.1) is 19.7 Å². The summed E-state index contributed by atoms with van der Waals surface area (Å²) in [4.78, 5) is 0. The van der Waals surface area contributed by atoms with Gasteiger partial charge in [-0.3, -0.25) is 0 Å². The first-order valence-corrected chi connectivity index (χ1v) is 4.58. The van der Waals surface area contributed by atoms with Gasteiger partial charge in [-0.25, -0.2) is 4.39 Å². The van der Waals surface area contributed by atoms with Gasteiger partial charge in [-0.15, -0.1) is 0 Å². The zero-order valence-corrected chi connectivity index (χ0v) is 8.54. The second kappa shape index (κ2) is 3.38. The molecule has 0 atom stereocenters. The Morgan fingerprint density at radius 1 is 1.33 bits per heavy atom. The third-order valence-electron chi connectivity index (χ3n) is 2.39. The van der Waals surface area contributed by atoms with Gasteiger partial charge in [-0.1, -0.05) is 5.16 Å². The summed E-state index contributed by atoms with van der Waals surface area (Å²) in [5.74, 6) is 0.708. The Bertz CT molecular complexity index is 505. The van der Waals surface area contributed by atoms with Crippen LogP contribution in [0.5, 0.6) is 0 Å². The quantitative estimate of drug-likeness (QED) is 0.780. The summed E-state index contributed by atoms with van der Waals surface area (Å²) in [6, 6.07) is 4.51. The van der Waals surface area contributed by atoms with Crippen molar-refractivity contribution >= 4 is 5.82 Å². The molecule has 0 aliphatic carbocycles. The first kappa shape index (κ1) is 9.71. The minimum Gasteiger partial charge on any atom is -0.381 e. The Balaban J connectivity index is 2.59. The number of rotatable bonds is 1. The van der Waals surface area contributed by atoms with Crippen molar-refractivity contribution in [1.29, 1.82) is 0 Å². The molecule has 2 aromatic rings. The van der Waals surface area contributed by atoms with Crippen LogP contribution < -0.4 is 5.73 Å². The number of halogens is 1. The van der Waals surface area contributed by atoms with E-state index in [1.807, 2.05) is 13.8 Å². The van der Waals surface area contributed by atoms with E-state index in [9.17, 15) is 4.39 Å². The predicted molar refractivity (Wildman–Crippen MR) is 55.8 cm³/mol. The number of nitrogens with two attached hydrogens (primary N) is 1. The van der Waals surface area contributed by atoms with Crippen molar-refractivity contribution < 1.29 is 8.91 Å². The number of hydrogen-bond donors (Lipinski definition) is 1. The number of hydrogen-bond acceptors (Lipinski definition) is 3. The van der Waals surface area contributed by atoms with Crippen molar-refractivity contribution in [3.8, 4) is 11.3 Å². The molecule has 0 saturated carbocycles. The standard InChI is InChI=1S/C11H11FN2O/c1-6-5-8(12)3-4-9(6)10-7(2)11(13)14-15-10/h3-5H,1-2H3,(H2,13,14). The van der Waals surface area contributed by atoms with E-state index in [-0.39, 0.29) is 5.82 Å². The topological polar surface area (TPSA) is 52.0 Å². The lowest BCUT2D eigenvalue weighted by Crippen LogP contribution is -1.88. The molecule has 1 aromatic heterocycles. The Morgan fingerprint density at radius 2 is 2.07 bits per heavy atom. The largest absolute Gasteiger partial charge is 0.381 e. The molecule has 78 valence electrons. The number of benzene rings is 1. The highest BCUT2D eigenvalue weighted by atomic mass is 19.1. The van der Waals surface area contributed by atoms with Crippen LogP contribution in [0.2, 0.25) is 0 Å². The number of nitrogen functional groups attached to an aromatic ring is 1. The van der Waals surface area contributed by atoms with E-state index >= 15 is 0 Å². The monoisotopic (exact) mass is 206 g/mol. The molecule has 0 saturated heterocycles. The molecule has 3 nitrogen and oxygen atoms in total. The first-order chi connectivity index (χ1) is 7.09. The van der Waals surface area contributed by atoms with Crippen molar-refractivity contribution in [3.05, 3.63) is 35.1 Å². The van der Waals surface area contributed by atoms with Crippen LogP contribution in [0.4, 0.5) is 10.2 Å². The summed E-state index contributed by atoms with van der Waals surface area (Å²) in [7, 11) is 0. The Kier molecular flexibility index (Phi) is 2.19. The lowest BCUT2D eigenvalue weighted by Gasteiger charge is -2.02. The molecule has 0 fully saturated rings. The average Bonchev–Trinajstić information content (AvgIpc) is 2.49. The van der Waals surface area contributed by atoms with E-state index in [1.165, 1.54) is 12.1 Å². The van der Waals surface area contributed by atoms with Gasteiger partial charge in [-0.2, -0.15) is 0 Å². The zero-order valence-electron chi connectivity index (χ0n) is 8.54. The van der Waals surface area contributed by atoms with Crippen LogP contribution in [0.25, 0.3) is 11.3 Å². The summed E-state index contributed by atoms with van der Waals surface area (Å²) >= 11 is 0. The molecule has 2 rings (SSSR count). The predicted octanol–water partition coefficient (Wildman–Crippen LogP) is 2.68. The maximum absolute atomic E-state index is 12.9. The lowest BCUT2D eigenvalue weighted by molar-refractivity contribution is 0.435. The van der Waals surface area contributed by atoms with Crippen LogP contribution in [-0.2, 0) is 0 Å². The second-order valence-electron chi connectivity index (χ2n) is 3.48. The first-order valence-electron chi connectivity index (χ1n) is 4.58. The molecule has 0 amide bonds. The molecular formula is C11H11FN2O. The SMILES string of the molecule is Cc1cc(F)ccc1-c1onc(N)c1C. The molecule has 4 heteroatoms. The van der Waals surface area contributed by atoms with Gasteiger partial charge in [-0.05, 0) is 37.6 Å². The summed E-state index contributed by atoms with van der Waals surface area (Å²) in [6.07, 6.45) is 0. The van der Waals surface area contributed by atoms with Gasteiger partial charge in [0.25, 0.3) is 0 Å². The number of nitrogens with zero attached hydrogens (tertiary/aromatic N) is 1. The van der Waals surface area contributed by atoms with Crippen molar-refractivity contribution in [2.75, 3.05) is 5.73 Å². The van der Waals surface area contributed by atoms with Crippen molar-refractivity contribution in [3.63, 3.8) is 0 Å². The maximum Gasteiger partial charge on any atom is 0.172 e. The number of anilines is 1. The van der Waals surface area contributed by atoms with Crippen molar-refractivity contribution in [2.45, 2.75) is 13.8 Å². The lowest BCUT2D eigenvalue weighted by atomic mass is 10.0. The van der Waals surface area contributed by atoms with Gasteiger partial charge in [0, 0.05) is 11.1 Å². The van der Waals surface area contributed by atoms with E-state index in [0.717, 1.165) is 16.7 Å². The summed E-state index contributed by atoms with van der Waals surface area (Å²) in [5, 5.41) is 3.67. The molecule has 1 aromatic carbocycles. The molecule has 0 aliphatic rings. The van der Waals surface area contributed by atoms with E-state index in [0.29, 0.717) is 11.6 Å². The highest BCUT2D eigenvalue weighted by Crippen LogP contribution is 2.29. The van der Waals surface area contributed by atoms with E-state index in [2.05, 4.69) is 5.16 Å². The van der Waals surface area contributed by atoms with Gasteiger partial charge in [0.05, 0.1) is 0 Å². The smallest absolute Gasteiger partial charge is 0.172 e. The average molecular weight is 206 g/mol. The third-order valence-corrected chi connectivity index (χ3v) is 2.39. The summed E-state index contributed by atoms with van der Waals surface area (Å²) in [6.45, 7) is 3.64. The minimum atomic E-state index is -0.263. The Morgan fingerprint density at radius 3 is 2.60 bits per heavy atom. The highest BCUT2D eigenvalue weighted by Gasteiger charge is 2.13. The molecule has 0 spiro atoms. The Hall–Kier alpha value is -1.84. The van der Waals surface area contributed by atoms with Crippen LogP contribution in [0.15, 0.2) is 22.7 Å². The van der Waals surface area contributed by atoms with E-state index in [4.69, 9.17) is 10.3 Å². The number of aromatic nitrogens is 1. The van der Waals surface area contributed by atoms with Gasteiger partial charge >= 0.3 is 0 Å². The van der Waals surface area contributed by atoms with Gasteiger partial charge in [0.15, 0.2) is 11.6 Å². The molecule has 0 aliphatic heterocycles. The third kappa shape index (κ3) is 1.58. The molecule has 2 N–H and O–H groups in total. The van der Waals surface area contributed by atoms with Gasteiger partial charge in [0.2, 0.25) is 0 Å². The fourth-order valence-electron chi connectivity index (χ4n) is 1.48. The van der Waals surface area contributed by atoms with Crippen LogP contribution in [-0.4, -0.2) is 5.16 Å². The van der Waals surface area contributed by atoms with E-state index < -0.39 is 0 Å². The molecule has 15 heavy (non-hydrogen) atoms. The fourth-order valence-corrected chi connectivity index (χ4v) is 1.48. The van der Waals surface area contributed by atoms with Crippen LogP contribution in [0.1, 0.15) is 11.1 Å². The van der Waals surface area contributed by atoms with Crippen molar-refractivity contribution in [1.82, 2.24) is 5.16 Å². The van der Waals surface area contributed by atoms with Crippen LogP contribution in [0.3, 0.4) is 0 Å². The van der Waals surface area contributed by atoms with Gasteiger partial charge in [0.1, 0.15) is 5.82 Å². The molecule has 0 bridgehead atoms. The molecule has 0 radical (unpaired) electrons. The van der Waals surface area contributed by atoms with Gasteiger partial charge < -0.3 is 10.3 Å². The Labute approximate surface area is 86.7 Å². The van der Waals surface area contributed by atoms with Crippen LogP contribution >= 0.6 is 0 Å². The number of aryl methyl sites for hydroxylation is 1. The zero-order chi connectivity index (χ0) is 11.0. The van der Waals surface area contributed by atoms with Crippen molar-refractivity contribution in [2.24, 2.45) is 0 Å². The highest BCUT2D eigenvalue weighted by molar-refractivity contribution is 5.68. The van der Waals surface area contributed by atoms with E-state index in [1.54, 1.807) is 6.07 Å². The molecule has 0 unspecified atom stereocenters.